The molecule has 1 aliphatic heterocycles. The second-order valence-corrected chi connectivity index (χ2v) is 7.38. The molecule has 0 spiro atoms. The Bertz CT molecular complexity index is 962. The van der Waals surface area contributed by atoms with Gasteiger partial charge in [-0.15, -0.1) is 11.3 Å². The molecule has 8 heteroatoms. The highest BCUT2D eigenvalue weighted by Crippen LogP contribution is 2.28. The highest BCUT2D eigenvalue weighted by molar-refractivity contribution is 7.11. The maximum absolute atomic E-state index is 12.8. The molecule has 3 aromatic rings. The minimum absolute atomic E-state index is 0.00479. The monoisotopic (exact) mass is 384 g/mol. The minimum atomic E-state index is -0.267. The Morgan fingerprint density at radius 3 is 2.81 bits per heavy atom. The van der Waals surface area contributed by atoms with Crippen LogP contribution in [-0.2, 0) is 4.74 Å². The Kier molecular flexibility index (Phi) is 4.75. The standard InChI is InChI=1S/C19H20N4O3S/c1-11-17(13(3)26-22-11)15-6-4-5-14(21-15)16-9-23(7-8-25-16)19(24)18-12(2)20-10-27-18/h4-6,10,16H,7-9H2,1-3H3/t16-/m0/s1. The molecule has 7 nitrogen and oxygen atoms in total. The molecular formula is C19H20N4O3S. The number of ether oxygens (including phenoxy) is 1. The molecule has 27 heavy (non-hydrogen) atoms. The maximum Gasteiger partial charge on any atom is 0.266 e. The van der Waals surface area contributed by atoms with Crippen LogP contribution in [0.2, 0.25) is 0 Å². The van der Waals surface area contributed by atoms with Crippen LogP contribution in [0.5, 0.6) is 0 Å². The SMILES string of the molecule is Cc1ncsc1C(=O)N1CCO[C@H](c2cccc(-c3c(C)noc3C)n2)C1. The van der Waals surface area contributed by atoms with Gasteiger partial charge in [0, 0.05) is 6.54 Å². The third-order valence-corrected chi connectivity index (χ3v) is 5.60. The van der Waals surface area contributed by atoms with Crippen molar-refractivity contribution in [1.82, 2.24) is 20.0 Å². The molecule has 1 aliphatic rings. The minimum Gasteiger partial charge on any atom is -0.368 e. The van der Waals surface area contributed by atoms with Crippen LogP contribution in [0.3, 0.4) is 0 Å². The molecule has 0 aliphatic carbocycles. The number of pyridine rings is 1. The van der Waals surface area contributed by atoms with Gasteiger partial charge in [-0.2, -0.15) is 0 Å². The Balaban J connectivity index is 1.58. The van der Waals surface area contributed by atoms with Gasteiger partial charge in [-0.1, -0.05) is 11.2 Å². The van der Waals surface area contributed by atoms with Crippen molar-refractivity contribution < 1.29 is 14.1 Å². The molecule has 4 heterocycles. The van der Waals surface area contributed by atoms with E-state index >= 15 is 0 Å². The largest absolute Gasteiger partial charge is 0.368 e. The van der Waals surface area contributed by atoms with Gasteiger partial charge in [-0.3, -0.25) is 4.79 Å². The molecule has 0 unspecified atom stereocenters. The molecule has 3 aromatic heterocycles. The topological polar surface area (TPSA) is 81.4 Å². The fourth-order valence-electron chi connectivity index (χ4n) is 3.28. The molecule has 1 fully saturated rings. The highest BCUT2D eigenvalue weighted by atomic mass is 32.1. The summed E-state index contributed by atoms with van der Waals surface area (Å²) in [6, 6.07) is 5.81. The number of morpholine rings is 1. The van der Waals surface area contributed by atoms with E-state index in [4.69, 9.17) is 14.2 Å². The third kappa shape index (κ3) is 3.38. The summed E-state index contributed by atoms with van der Waals surface area (Å²) in [7, 11) is 0. The molecule has 0 bridgehead atoms. The van der Waals surface area contributed by atoms with Crippen LogP contribution in [0.15, 0.2) is 28.2 Å². The Hall–Kier alpha value is -2.58. The number of aromatic nitrogens is 3. The first-order valence-electron chi connectivity index (χ1n) is 8.75. The van der Waals surface area contributed by atoms with E-state index in [1.807, 2.05) is 43.9 Å². The van der Waals surface area contributed by atoms with E-state index in [2.05, 4.69) is 10.1 Å². The third-order valence-electron chi connectivity index (χ3n) is 4.68. The van der Waals surface area contributed by atoms with Gasteiger partial charge in [0.25, 0.3) is 5.91 Å². The summed E-state index contributed by atoms with van der Waals surface area (Å²) in [5, 5.41) is 4.00. The van der Waals surface area contributed by atoms with Crippen molar-refractivity contribution in [3.05, 3.63) is 51.4 Å². The second-order valence-electron chi connectivity index (χ2n) is 6.52. The van der Waals surface area contributed by atoms with Crippen LogP contribution >= 0.6 is 11.3 Å². The van der Waals surface area contributed by atoms with Crippen molar-refractivity contribution in [3.8, 4) is 11.3 Å². The smallest absolute Gasteiger partial charge is 0.266 e. The number of aryl methyl sites for hydroxylation is 3. The second kappa shape index (κ2) is 7.21. The highest BCUT2D eigenvalue weighted by Gasteiger charge is 2.29. The number of rotatable bonds is 3. The lowest BCUT2D eigenvalue weighted by molar-refractivity contribution is -0.0245. The number of thiazole rings is 1. The van der Waals surface area contributed by atoms with E-state index in [1.165, 1.54) is 11.3 Å². The Morgan fingerprint density at radius 1 is 1.26 bits per heavy atom. The summed E-state index contributed by atoms with van der Waals surface area (Å²) in [4.78, 5) is 24.2. The number of amides is 1. The predicted octanol–water partition coefficient (Wildman–Crippen LogP) is 3.33. The van der Waals surface area contributed by atoms with Gasteiger partial charge in [0.05, 0.1) is 47.0 Å². The van der Waals surface area contributed by atoms with Gasteiger partial charge in [0.15, 0.2) is 0 Å². The number of carbonyl (C=O) groups excluding carboxylic acids is 1. The first kappa shape index (κ1) is 17.8. The Morgan fingerprint density at radius 2 is 2.11 bits per heavy atom. The van der Waals surface area contributed by atoms with Crippen molar-refractivity contribution >= 4 is 17.2 Å². The molecule has 0 saturated carbocycles. The van der Waals surface area contributed by atoms with Crippen LogP contribution in [0.25, 0.3) is 11.3 Å². The lowest BCUT2D eigenvalue weighted by Gasteiger charge is -2.32. The average molecular weight is 384 g/mol. The zero-order valence-electron chi connectivity index (χ0n) is 15.4. The fraction of sp³-hybridized carbons (Fsp3) is 0.368. The number of hydrogen-bond acceptors (Lipinski definition) is 7. The number of nitrogens with zero attached hydrogens (tertiary/aromatic N) is 4. The molecule has 1 amide bonds. The molecule has 4 rings (SSSR count). The van der Waals surface area contributed by atoms with Gasteiger partial charge in [0.1, 0.15) is 16.7 Å². The predicted molar refractivity (Wildman–Crippen MR) is 101 cm³/mol. The van der Waals surface area contributed by atoms with Crippen molar-refractivity contribution in [2.24, 2.45) is 0 Å². The summed E-state index contributed by atoms with van der Waals surface area (Å²) >= 11 is 1.38. The van der Waals surface area contributed by atoms with E-state index in [-0.39, 0.29) is 12.0 Å². The molecule has 140 valence electrons. The van der Waals surface area contributed by atoms with Gasteiger partial charge in [-0.25, -0.2) is 9.97 Å². The van der Waals surface area contributed by atoms with Crippen molar-refractivity contribution in [2.45, 2.75) is 26.9 Å². The number of carbonyl (C=O) groups is 1. The summed E-state index contributed by atoms with van der Waals surface area (Å²) < 4.78 is 11.2. The zero-order valence-corrected chi connectivity index (χ0v) is 16.2. The van der Waals surface area contributed by atoms with Gasteiger partial charge in [0.2, 0.25) is 0 Å². The summed E-state index contributed by atoms with van der Waals surface area (Å²) in [6.45, 7) is 7.14. The van der Waals surface area contributed by atoms with E-state index in [0.29, 0.717) is 24.6 Å². The van der Waals surface area contributed by atoms with Crippen LogP contribution in [-0.4, -0.2) is 45.6 Å². The lowest BCUT2D eigenvalue weighted by atomic mass is 10.1. The van der Waals surface area contributed by atoms with Gasteiger partial charge >= 0.3 is 0 Å². The summed E-state index contributed by atoms with van der Waals surface area (Å²) in [6.07, 6.45) is -0.267. The van der Waals surface area contributed by atoms with Crippen molar-refractivity contribution in [1.29, 1.82) is 0 Å². The Labute approximate surface area is 161 Å². The van der Waals surface area contributed by atoms with E-state index in [9.17, 15) is 4.79 Å². The van der Waals surface area contributed by atoms with E-state index in [0.717, 1.165) is 34.1 Å². The quantitative estimate of drug-likeness (QED) is 0.689. The molecule has 0 N–H and O–H groups in total. The molecular weight excluding hydrogens is 364 g/mol. The van der Waals surface area contributed by atoms with Crippen LogP contribution in [0, 0.1) is 20.8 Å². The van der Waals surface area contributed by atoms with Crippen molar-refractivity contribution in [2.75, 3.05) is 19.7 Å². The first-order chi connectivity index (χ1) is 13.0. The van der Waals surface area contributed by atoms with Gasteiger partial charge in [-0.05, 0) is 32.9 Å². The van der Waals surface area contributed by atoms with E-state index < -0.39 is 0 Å². The lowest BCUT2D eigenvalue weighted by Crippen LogP contribution is -2.42. The van der Waals surface area contributed by atoms with Crippen LogP contribution < -0.4 is 0 Å². The average Bonchev–Trinajstić information content (AvgIpc) is 3.26. The summed E-state index contributed by atoms with van der Waals surface area (Å²) in [5.74, 6) is 0.740. The van der Waals surface area contributed by atoms with E-state index in [1.54, 1.807) is 5.51 Å². The molecule has 0 radical (unpaired) electrons. The number of hydrogen-bond donors (Lipinski definition) is 0. The fourth-order valence-corrected chi connectivity index (χ4v) is 4.05. The van der Waals surface area contributed by atoms with Crippen LogP contribution in [0.1, 0.15) is 38.6 Å². The van der Waals surface area contributed by atoms with Crippen molar-refractivity contribution in [3.63, 3.8) is 0 Å². The molecule has 1 saturated heterocycles. The normalized spacial score (nSPS) is 17.3. The zero-order chi connectivity index (χ0) is 19.0. The molecule has 1 atom stereocenters. The van der Waals surface area contributed by atoms with Gasteiger partial charge < -0.3 is 14.2 Å². The van der Waals surface area contributed by atoms with Crippen LogP contribution in [0.4, 0.5) is 0 Å². The maximum atomic E-state index is 12.8. The summed E-state index contributed by atoms with van der Waals surface area (Å²) in [5.41, 5.74) is 5.78. The first-order valence-corrected chi connectivity index (χ1v) is 9.63. The molecule has 0 aromatic carbocycles.